The van der Waals surface area contributed by atoms with Crippen LogP contribution in [0.5, 0.6) is 0 Å². The van der Waals surface area contributed by atoms with Gasteiger partial charge in [0.2, 0.25) is 0 Å². The summed E-state index contributed by atoms with van der Waals surface area (Å²) in [6.07, 6.45) is 2.38. The second-order valence-corrected chi connectivity index (χ2v) is 4.05. The van der Waals surface area contributed by atoms with Gasteiger partial charge in [-0.2, -0.15) is 5.10 Å². The van der Waals surface area contributed by atoms with E-state index in [0.29, 0.717) is 18.1 Å². The lowest BCUT2D eigenvalue weighted by atomic mass is 10.3. The minimum Gasteiger partial charge on any atom is -0.373 e. The maximum Gasteiger partial charge on any atom is 0.269 e. The summed E-state index contributed by atoms with van der Waals surface area (Å²) in [5, 5.41) is 7.14. The third-order valence-electron chi connectivity index (χ3n) is 2.78. The van der Waals surface area contributed by atoms with E-state index in [1.54, 1.807) is 19.3 Å². The predicted octanol–water partition coefficient (Wildman–Crippen LogP) is 0.674. The number of hydrogen-bond acceptors (Lipinski definition) is 5. The molecule has 0 spiro atoms. The minimum absolute atomic E-state index is 0.210. The van der Waals surface area contributed by atoms with Crippen LogP contribution in [0.25, 0.3) is 5.82 Å². The molecule has 7 nitrogen and oxygen atoms in total. The molecule has 1 amide bonds. The molecule has 3 N–H and O–H groups in total. The van der Waals surface area contributed by atoms with E-state index in [-0.39, 0.29) is 5.69 Å². The maximum absolute atomic E-state index is 11.1. The van der Waals surface area contributed by atoms with Crippen LogP contribution in [-0.2, 0) is 6.42 Å². The highest BCUT2D eigenvalue weighted by Crippen LogP contribution is 2.18. The van der Waals surface area contributed by atoms with Crippen molar-refractivity contribution in [2.75, 3.05) is 12.4 Å². The highest BCUT2D eigenvalue weighted by atomic mass is 16.1. The molecule has 0 unspecified atom stereocenters. The molecule has 0 saturated heterocycles. The van der Waals surface area contributed by atoms with Gasteiger partial charge in [-0.1, -0.05) is 6.92 Å². The number of nitrogens with one attached hydrogen (secondary N) is 1. The Labute approximate surface area is 110 Å². The summed E-state index contributed by atoms with van der Waals surface area (Å²) in [6.45, 7) is 3.87. The van der Waals surface area contributed by atoms with Crippen molar-refractivity contribution < 1.29 is 4.79 Å². The first kappa shape index (κ1) is 13.0. The van der Waals surface area contributed by atoms with Gasteiger partial charge in [0, 0.05) is 25.2 Å². The summed E-state index contributed by atoms with van der Waals surface area (Å²) in [7, 11) is 1.80. The smallest absolute Gasteiger partial charge is 0.269 e. The zero-order valence-corrected chi connectivity index (χ0v) is 11.1. The number of carbonyl (C=O) groups is 1. The van der Waals surface area contributed by atoms with E-state index in [9.17, 15) is 4.79 Å². The van der Waals surface area contributed by atoms with Crippen molar-refractivity contribution in [2.24, 2.45) is 5.73 Å². The average molecular weight is 260 g/mol. The first-order chi connectivity index (χ1) is 9.06. The Balaban J connectivity index is 2.56. The molecular weight excluding hydrogens is 244 g/mol. The van der Waals surface area contributed by atoms with Crippen LogP contribution in [0, 0.1) is 6.92 Å². The molecule has 2 aromatic heterocycles. The Bertz CT molecular complexity index is 619. The van der Waals surface area contributed by atoms with Gasteiger partial charge in [0.15, 0.2) is 5.82 Å². The number of aromatic nitrogens is 4. The fourth-order valence-electron chi connectivity index (χ4n) is 1.75. The zero-order valence-electron chi connectivity index (χ0n) is 11.1. The van der Waals surface area contributed by atoms with E-state index < -0.39 is 5.91 Å². The molecule has 0 aliphatic rings. The number of primary amides is 1. The van der Waals surface area contributed by atoms with Gasteiger partial charge in [-0.3, -0.25) is 4.79 Å². The highest BCUT2D eigenvalue weighted by Gasteiger charge is 2.13. The third-order valence-corrected chi connectivity index (χ3v) is 2.78. The molecule has 2 rings (SSSR count). The molecule has 0 radical (unpaired) electrons. The highest BCUT2D eigenvalue weighted by molar-refractivity contribution is 5.90. The minimum atomic E-state index is -0.560. The van der Waals surface area contributed by atoms with E-state index >= 15 is 0 Å². The van der Waals surface area contributed by atoms with Gasteiger partial charge in [0.1, 0.15) is 17.3 Å². The summed E-state index contributed by atoms with van der Waals surface area (Å²) in [6, 6.07) is 1.56. The fourth-order valence-corrected chi connectivity index (χ4v) is 1.75. The molecule has 0 fully saturated rings. The Morgan fingerprint density at radius 2 is 2.21 bits per heavy atom. The van der Waals surface area contributed by atoms with E-state index in [4.69, 9.17) is 5.73 Å². The monoisotopic (exact) mass is 260 g/mol. The normalized spacial score (nSPS) is 10.5. The van der Waals surface area contributed by atoms with Gasteiger partial charge >= 0.3 is 0 Å². The first-order valence-corrected chi connectivity index (χ1v) is 5.98. The maximum atomic E-state index is 11.1. The molecule has 0 bridgehead atoms. The van der Waals surface area contributed by atoms with Crippen LogP contribution in [0.2, 0.25) is 0 Å². The van der Waals surface area contributed by atoms with E-state index in [0.717, 1.165) is 11.4 Å². The molecular formula is C12H16N6O. The second kappa shape index (κ2) is 5.05. The molecule has 0 saturated carbocycles. The number of nitrogens with two attached hydrogens (primary N) is 1. The van der Waals surface area contributed by atoms with E-state index in [1.165, 1.54) is 4.68 Å². The average Bonchev–Trinajstić information content (AvgIpc) is 2.88. The number of carbonyl (C=O) groups excluding carboxylic acids is 1. The topological polar surface area (TPSA) is 98.7 Å². The van der Waals surface area contributed by atoms with Gasteiger partial charge in [0.05, 0.1) is 0 Å². The second-order valence-electron chi connectivity index (χ2n) is 4.05. The number of aryl methyl sites for hydroxylation is 1. The van der Waals surface area contributed by atoms with Crippen molar-refractivity contribution >= 4 is 11.7 Å². The molecule has 0 aromatic carbocycles. The van der Waals surface area contributed by atoms with E-state index in [1.807, 2.05) is 13.8 Å². The van der Waals surface area contributed by atoms with Crippen LogP contribution in [0.15, 0.2) is 12.3 Å². The standard InChI is InChI=1S/C12H16N6O/c1-4-9-15-11(14-3)7(2)12(16-9)18-6-5-8(17-18)10(13)19/h5-6H,4H2,1-3H3,(H2,13,19)(H,14,15,16). The van der Waals surface area contributed by atoms with Crippen LogP contribution in [0.1, 0.15) is 28.8 Å². The van der Waals surface area contributed by atoms with Gasteiger partial charge in [-0.05, 0) is 13.0 Å². The van der Waals surface area contributed by atoms with Gasteiger partial charge in [-0.25, -0.2) is 14.6 Å². The Hall–Kier alpha value is -2.44. The quantitative estimate of drug-likeness (QED) is 0.842. The molecule has 0 aliphatic heterocycles. The summed E-state index contributed by atoms with van der Waals surface area (Å²) >= 11 is 0. The van der Waals surface area contributed by atoms with Crippen LogP contribution < -0.4 is 11.1 Å². The lowest BCUT2D eigenvalue weighted by Gasteiger charge is -2.11. The summed E-state index contributed by atoms with van der Waals surface area (Å²) in [5.41, 5.74) is 6.27. The molecule has 100 valence electrons. The number of amides is 1. The zero-order chi connectivity index (χ0) is 14.0. The Morgan fingerprint density at radius 1 is 1.47 bits per heavy atom. The first-order valence-electron chi connectivity index (χ1n) is 5.98. The van der Waals surface area contributed by atoms with Gasteiger partial charge < -0.3 is 11.1 Å². The Morgan fingerprint density at radius 3 is 2.74 bits per heavy atom. The van der Waals surface area contributed by atoms with Crippen molar-refractivity contribution in [2.45, 2.75) is 20.3 Å². The van der Waals surface area contributed by atoms with Crippen LogP contribution in [-0.4, -0.2) is 32.7 Å². The lowest BCUT2D eigenvalue weighted by molar-refractivity contribution is 0.0995. The largest absolute Gasteiger partial charge is 0.373 e. The van der Waals surface area contributed by atoms with Crippen molar-refractivity contribution in [1.82, 2.24) is 19.7 Å². The molecule has 0 atom stereocenters. The number of hydrogen-bond donors (Lipinski definition) is 2. The van der Waals surface area contributed by atoms with Crippen molar-refractivity contribution in [3.8, 4) is 5.82 Å². The van der Waals surface area contributed by atoms with Crippen molar-refractivity contribution in [3.05, 3.63) is 29.3 Å². The van der Waals surface area contributed by atoms with Crippen LogP contribution in [0.4, 0.5) is 5.82 Å². The molecule has 19 heavy (non-hydrogen) atoms. The molecule has 2 heterocycles. The lowest BCUT2D eigenvalue weighted by Crippen LogP contribution is -2.14. The molecule has 7 heteroatoms. The Kier molecular flexibility index (Phi) is 3.46. The predicted molar refractivity (Wildman–Crippen MR) is 71.3 cm³/mol. The third kappa shape index (κ3) is 2.40. The SMILES string of the molecule is CCc1nc(NC)c(C)c(-n2ccc(C(N)=O)n2)n1. The number of nitrogens with zero attached hydrogens (tertiary/aromatic N) is 4. The van der Waals surface area contributed by atoms with Gasteiger partial charge in [0.25, 0.3) is 5.91 Å². The van der Waals surface area contributed by atoms with Gasteiger partial charge in [-0.15, -0.1) is 0 Å². The summed E-state index contributed by atoms with van der Waals surface area (Å²) in [5.74, 6) is 1.54. The fraction of sp³-hybridized carbons (Fsp3) is 0.333. The van der Waals surface area contributed by atoms with E-state index in [2.05, 4.69) is 20.4 Å². The summed E-state index contributed by atoms with van der Waals surface area (Å²) in [4.78, 5) is 19.9. The van der Waals surface area contributed by atoms with Crippen molar-refractivity contribution in [3.63, 3.8) is 0 Å². The number of rotatable bonds is 4. The molecule has 0 aliphatic carbocycles. The van der Waals surface area contributed by atoms with Crippen LogP contribution >= 0.6 is 0 Å². The van der Waals surface area contributed by atoms with Crippen LogP contribution in [0.3, 0.4) is 0 Å². The number of anilines is 1. The summed E-state index contributed by atoms with van der Waals surface area (Å²) < 4.78 is 1.54. The molecule has 2 aromatic rings. The van der Waals surface area contributed by atoms with Crippen molar-refractivity contribution in [1.29, 1.82) is 0 Å².